The maximum Gasteiger partial charge on any atom is 0.306 e. The highest BCUT2D eigenvalue weighted by molar-refractivity contribution is 5.77. The number of rotatable bonds is 42. The Morgan fingerprint density at radius 2 is 1.02 bits per heavy atom. The van der Waals surface area contributed by atoms with Crippen molar-refractivity contribution >= 4 is 11.9 Å². The van der Waals surface area contributed by atoms with E-state index in [4.69, 9.17) is 4.74 Å². The molecular formula is C53H91NO5. The zero-order chi connectivity index (χ0) is 43.1. The van der Waals surface area contributed by atoms with Crippen molar-refractivity contribution in [3.63, 3.8) is 0 Å². The van der Waals surface area contributed by atoms with Crippen molar-refractivity contribution in [2.24, 2.45) is 0 Å². The Hall–Kier alpha value is -2.96. The van der Waals surface area contributed by atoms with Crippen molar-refractivity contribution in [1.29, 1.82) is 0 Å². The first-order valence-electron chi connectivity index (χ1n) is 24.3. The summed E-state index contributed by atoms with van der Waals surface area (Å²) in [6.45, 7) is 6.20. The Bertz CT molecular complexity index is 1150. The van der Waals surface area contributed by atoms with Crippen LogP contribution in [0.3, 0.4) is 0 Å². The van der Waals surface area contributed by atoms with E-state index in [0.717, 1.165) is 89.9 Å². The predicted molar refractivity (Wildman–Crippen MR) is 254 cm³/mol. The number of aliphatic hydroxyl groups excluding tert-OH is 2. The minimum atomic E-state index is -0.807. The monoisotopic (exact) mass is 822 g/mol. The molecule has 3 N–H and O–H groups in total. The third kappa shape index (κ3) is 41.6. The summed E-state index contributed by atoms with van der Waals surface area (Å²) in [5.74, 6) is -0.549. The SMILES string of the molecule is CC/C=C/C=C/C=C/CCCCCCCCCC(=O)OC(CCC/C=C/C/C=C/C/C=C/C/C=C/CC)CC(=O)NC(CO)C(O)CCCCCCCCCCCCC. The second-order valence-electron chi connectivity index (χ2n) is 16.2. The fraction of sp³-hybridized carbons (Fsp3) is 0.698. The van der Waals surface area contributed by atoms with Crippen LogP contribution in [-0.2, 0) is 14.3 Å². The average molecular weight is 822 g/mol. The Labute approximate surface area is 363 Å². The van der Waals surface area contributed by atoms with Crippen LogP contribution in [0.15, 0.2) is 85.1 Å². The smallest absolute Gasteiger partial charge is 0.306 e. The summed E-state index contributed by atoms with van der Waals surface area (Å²) in [6, 6.07) is -0.724. The highest BCUT2D eigenvalue weighted by atomic mass is 16.5. The van der Waals surface area contributed by atoms with Gasteiger partial charge < -0.3 is 20.3 Å². The van der Waals surface area contributed by atoms with Gasteiger partial charge in [0.2, 0.25) is 5.91 Å². The molecule has 0 aromatic heterocycles. The summed E-state index contributed by atoms with van der Waals surface area (Å²) in [5.41, 5.74) is 0. The van der Waals surface area contributed by atoms with Gasteiger partial charge in [-0.15, -0.1) is 0 Å². The molecule has 3 unspecified atom stereocenters. The largest absolute Gasteiger partial charge is 0.462 e. The van der Waals surface area contributed by atoms with E-state index < -0.39 is 18.2 Å². The molecule has 0 rings (SSSR count). The van der Waals surface area contributed by atoms with Crippen LogP contribution in [0, 0.1) is 0 Å². The molecule has 6 nitrogen and oxygen atoms in total. The van der Waals surface area contributed by atoms with Gasteiger partial charge in [-0.1, -0.05) is 209 Å². The maximum atomic E-state index is 13.2. The molecule has 338 valence electrons. The fourth-order valence-electron chi connectivity index (χ4n) is 6.90. The van der Waals surface area contributed by atoms with Crippen LogP contribution in [0.4, 0.5) is 0 Å². The van der Waals surface area contributed by atoms with Crippen molar-refractivity contribution in [2.75, 3.05) is 6.61 Å². The van der Waals surface area contributed by atoms with Crippen molar-refractivity contribution in [2.45, 2.75) is 232 Å². The second kappa shape index (κ2) is 46.1. The molecule has 0 aromatic rings. The summed E-state index contributed by atoms with van der Waals surface area (Å²) < 4.78 is 5.89. The minimum absolute atomic E-state index is 0.0307. The Balaban J connectivity index is 4.71. The number of amides is 1. The number of ether oxygens (including phenoxy) is 1. The number of nitrogens with one attached hydrogen (secondary N) is 1. The van der Waals surface area contributed by atoms with Gasteiger partial charge in [0.15, 0.2) is 0 Å². The third-order valence-corrected chi connectivity index (χ3v) is 10.5. The van der Waals surface area contributed by atoms with Gasteiger partial charge >= 0.3 is 5.97 Å². The molecule has 59 heavy (non-hydrogen) atoms. The van der Waals surface area contributed by atoms with Gasteiger partial charge in [0.1, 0.15) is 6.10 Å². The number of unbranched alkanes of at least 4 members (excludes halogenated alkanes) is 18. The van der Waals surface area contributed by atoms with E-state index in [0.29, 0.717) is 19.3 Å². The van der Waals surface area contributed by atoms with Crippen LogP contribution in [0.1, 0.15) is 213 Å². The first-order valence-corrected chi connectivity index (χ1v) is 24.3. The number of hydrogen-bond donors (Lipinski definition) is 3. The lowest BCUT2D eigenvalue weighted by Crippen LogP contribution is -2.46. The maximum absolute atomic E-state index is 13.2. The number of aliphatic hydroxyl groups is 2. The molecule has 0 fully saturated rings. The number of allylic oxidation sites excluding steroid dienone is 14. The third-order valence-electron chi connectivity index (χ3n) is 10.5. The molecule has 0 aliphatic rings. The van der Waals surface area contributed by atoms with E-state index in [9.17, 15) is 19.8 Å². The van der Waals surface area contributed by atoms with Gasteiger partial charge in [0.25, 0.3) is 0 Å². The van der Waals surface area contributed by atoms with Gasteiger partial charge in [0.05, 0.1) is 25.2 Å². The first-order chi connectivity index (χ1) is 29.0. The van der Waals surface area contributed by atoms with Crippen LogP contribution in [0.5, 0.6) is 0 Å². The molecule has 3 atom stereocenters. The molecule has 0 aliphatic heterocycles. The summed E-state index contributed by atoms with van der Waals surface area (Å²) in [4.78, 5) is 26.1. The van der Waals surface area contributed by atoms with Gasteiger partial charge in [-0.3, -0.25) is 9.59 Å². The lowest BCUT2D eigenvalue weighted by molar-refractivity contribution is -0.151. The van der Waals surface area contributed by atoms with Crippen LogP contribution in [0.25, 0.3) is 0 Å². The Morgan fingerprint density at radius 3 is 1.59 bits per heavy atom. The lowest BCUT2D eigenvalue weighted by Gasteiger charge is -2.24. The van der Waals surface area contributed by atoms with Crippen molar-refractivity contribution in [1.82, 2.24) is 5.32 Å². The molecule has 0 aliphatic carbocycles. The Kier molecular flexibility index (Phi) is 43.8. The van der Waals surface area contributed by atoms with E-state index in [1.54, 1.807) is 0 Å². The van der Waals surface area contributed by atoms with Crippen molar-refractivity contribution in [3.05, 3.63) is 85.1 Å². The molecule has 0 radical (unpaired) electrons. The van der Waals surface area contributed by atoms with E-state index in [2.05, 4.69) is 111 Å². The van der Waals surface area contributed by atoms with Gasteiger partial charge in [-0.05, 0) is 77.0 Å². The number of esters is 1. The van der Waals surface area contributed by atoms with Gasteiger partial charge in [0, 0.05) is 6.42 Å². The fourth-order valence-corrected chi connectivity index (χ4v) is 6.90. The van der Waals surface area contributed by atoms with Crippen LogP contribution < -0.4 is 5.32 Å². The molecule has 0 spiro atoms. The highest BCUT2D eigenvalue weighted by Crippen LogP contribution is 2.16. The van der Waals surface area contributed by atoms with Crippen molar-refractivity contribution in [3.8, 4) is 0 Å². The van der Waals surface area contributed by atoms with Crippen LogP contribution in [-0.4, -0.2) is 46.9 Å². The number of carbonyl (C=O) groups is 2. The lowest BCUT2D eigenvalue weighted by atomic mass is 10.0. The summed E-state index contributed by atoms with van der Waals surface area (Å²) >= 11 is 0. The predicted octanol–water partition coefficient (Wildman–Crippen LogP) is 14.4. The topological polar surface area (TPSA) is 95.9 Å². The van der Waals surface area contributed by atoms with Gasteiger partial charge in [-0.25, -0.2) is 0 Å². The summed E-state index contributed by atoms with van der Waals surface area (Å²) in [7, 11) is 0. The van der Waals surface area contributed by atoms with Crippen molar-refractivity contribution < 1.29 is 24.5 Å². The van der Waals surface area contributed by atoms with E-state index in [1.165, 1.54) is 77.0 Å². The molecule has 0 heterocycles. The quantitative estimate of drug-likeness (QED) is 0.0247. The molecule has 6 heteroatoms. The number of carbonyl (C=O) groups excluding carboxylic acids is 2. The van der Waals surface area contributed by atoms with Crippen LogP contribution >= 0.6 is 0 Å². The Morgan fingerprint density at radius 1 is 0.525 bits per heavy atom. The highest BCUT2D eigenvalue weighted by Gasteiger charge is 2.24. The molecule has 0 aromatic carbocycles. The summed E-state index contributed by atoms with van der Waals surface area (Å²) in [5, 5.41) is 23.7. The normalized spacial score (nSPS) is 14.1. The summed E-state index contributed by atoms with van der Waals surface area (Å²) in [6.07, 6.45) is 59.3. The molecule has 0 saturated heterocycles. The molecular weight excluding hydrogens is 731 g/mol. The zero-order valence-electron chi connectivity index (χ0n) is 38.4. The van der Waals surface area contributed by atoms with E-state index in [1.807, 2.05) is 0 Å². The minimum Gasteiger partial charge on any atom is -0.462 e. The number of hydrogen-bond acceptors (Lipinski definition) is 5. The average Bonchev–Trinajstić information content (AvgIpc) is 3.23. The van der Waals surface area contributed by atoms with E-state index >= 15 is 0 Å². The van der Waals surface area contributed by atoms with E-state index in [-0.39, 0.29) is 24.9 Å². The standard InChI is InChI=1S/C53H91NO5/c1-4-7-10-13-16-19-22-24-26-28-31-34-37-40-43-46-53(58)59-49(44-41-38-35-32-30-27-25-23-20-17-14-11-8-5-2)47-52(57)54-50(48-55)51(56)45-42-39-36-33-29-21-18-15-12-9-6-3/h7-8,10-11,13,16-17,19-20,22,25,27,32,35,49-51,55-56H,4-6,9,12,14-15,18,21,23-24,26,28-31,33-34,36-48H2,1-3H3,(H,54,57)/b10-7+,11-8+,16-13+,20-17+,22-19+,27-25+,35-32+. The molecule has 1 amide bonds. The van der Waals surface area contributed by atoms with Gasteiger partial charge in [-0.2, -0.15) is 0 Å². The second-order valence-corrected chi connectivity index (χ2v) is 16.2. The van der Waals surface area contributed by atoms with Crippen LogP contribution in [0.2, 0.25) is 0 Å². The zero-order valence-corrected chi connectivity index (χ0v) is 38.4. The molecule has 0 saturated carbocycles. The molecule has 0 bridgehead atoms. The first kappa shape index (κ1) is 56.0.